The maximum atomic E-state index is 12.4. The minimum atomic E-state index is -0.556. The van der Waals surface area contributed by atoms with Crippen molar-refractivity contribution in [3.05, 3.63) is 94.9 Å². The van der Waals surface area contributed by atoms with Crippen molar-refractivity contribution in [3.8, 4) is 29.1 Å². The lowest BCUT2D eigenvalue weighted by molar-refractivity contribution is -0.136. The molecular weight excluding hydrogens is 468 g/mol. The number of esters is 1. The van der Waals surface area contributed by atoms with Gasteiger partial charge in [-0.25, -0.2) is 4.79 Å². The maximum absolute atomic E-state index is 12.4. The van der Waals surface area contributed by atoms with Gasteiger partial charge in [-0.15, -0.1) is 0 Å². The van der Waals surface area contributed by atoms with Crippen molar-refractivity contribution >= 4 is 5.97 Å². The summed E-state index contributed by atoms with van der Waals surface area (Å²) in [6.45, 7) is 8.63. The molecular formula is C30H30N2O5. The third-order valence-electron chi connectivity index (χ3n) is 6.02. The molecule has 1 heterocycles. The third kappa shape index (κ3) is 5.87. The highest BCUT2D eigenvalue weighted by Gasteiger charge is 2.31. The molecule has 0 bridgehead atoms. The Morgan fingerprint density at radius 2 is 1.59 bits per heavy atom. The molecule has 0 aromatic heterocycles. The molecule has 0 radical (unpaired) electrons. The molecule has 37 heavy (non-hydrogen) atoms. The van der Waals surface area contributed by atoms with Gasteiger partial charge in [-0.05, 0) is 53.8 Å². The van der Waals surface area contributed by atoms with Crippen LogP contribution in [0.4, 0.5) is 0 Å². The van der Waals surface area contributed by atoms with Crippen LogP contribution >= 0.6 is 0 Å². The number of carbonyl (C=O) groups excluding carboxylic acids is 1. The van der Waals surface area contributed by atoms with Crippen molar-refractivity contribution < 1.29 is 23.7 Å². The molecule has 0 aliphatic carbocycles. The van der Waals surface area contributed by atoms with Crippen LogP contribution in [0.15, 0.2) is 78.2 Å². The highest BCUT2D eigenvalue weighted by molar-refractivity contribution is 5.74. The largest absolute Gasteiger partial charge is 0.494 e. The van der Waals surface area contributed by atoms with Gasteiger partial charge >= 0.3 is 5.97 Å². The second kappa shape index (κ2) is 10.7. The molecule has 3 aromatic rings. The third-order valence-corrected chi connectivity index (χ3v) is 6.02. The minimum absolute atomic E-state index is 0.0133. The van der Waals surface area contributed by atoms with E-state index in [0.29, 0.717) is 23.7 Å². The van der Waals surface area contributed by atoms with Gasteiger partial charge in [0.1, 0.15) is 34.6 Å². The van der Waals surface area contributed by atoms with E-state index in [1.165, 1.54) is 5.56 Å². The van der Waals surface area contributed by atoms with E-state index >= 15 is 0 Å². The highest BCUT2D eigenvalue weighted by Crippen LogP contribution is 2.43. The van der Waals surface area contributed by atoms with Crippen molar-refractivity contribution in [2.24, 2.45) is 5.73 Å². The average Bonchev–Trinajstić information content (AvgIpc) is 2.87. The van der Waals surface area contributed by atoms with Gasteiger partial charge in [0.25, 0.3) is 0 Å². The molecule has 3 aromatic carbocycles. The quantitative estimate of drug-likeness (QED) is 0.335. The Balaban J connectivity index is 1.48. The van der Waals surface area contributed by atoms with Crippen LogP contribution in [-0.2, 0) is 10.2 Å². The highest BCUT2D eigenvalue weighted by atomic mass is 16.6. The van der Waals surface area contributed by atoms with Crippen molar-refractivity contribution in [3.63, 3.8) is 0 Å². The molecule has 1 atom stereocenters. The second-order valence-corrected chi connectivity index (χ2v) is 9.66. The van der Waals surface area contributed by atoms with E-state index in [2.05, 4.69) is 26.8 Å². The van der Waals surface area contributed by atoms with E-state index in [9.17, 15) is 10.1 Å². The lowest BCUT2D eigenvalue weighted by atomic mass is 9.83. The number of hydrogen-bond donors (Lipinski definition) is 1. The lowest BCUT2D eigenvalue weighted by Crippen LogP contribution is -2.21. The van der Waals surface area contributed by atoms with Gasteiger partial charge in [0.15, 0.2) is 6.61 Å². The average molecular weight is 499 g/mol. The SMILES string of the molecule is CCOc1ccc(C2C(C#N)=C(N)Oc3cc(OC(=O)COc4ccc(C(C)(C)C)cc4)ccc32)cc1. The minimum Gasteiger partial charge on any atom is -0.494 e. The second-order valence-electron chi connectivity index (χ2n) is 9.66. The molecule has 1 unspecified atom stereocenters. The molecule has 4 rings (SSSR count). The molecule has 0 fully saturated rings. The summed E-state index contributed by atoms with van der Waals surface area (Å²) in [5, 5.41) is 9.76. The molecule has 190 valence electrons. The van der Waals surface area contributed by atoms with Crippen molar-refractivity contribution in [2.75, 3.05) is 13.2 Å². The number of nitriles is 1. The van der Waals surface area contributed by atoms with Crippen LogP contribution in [-0.4, -0.2) is 19.2 Å². The smallest absolute Gasteiger partial charge is 0.349 e. The van der Waals surface area contributed by atoms with Gasteiger partial charge in [0.05, 0.1) is 12.5 Å². The molecule has 2 N–H and O–H groups in total. The first kappa shape index (κ1) is 25.6. The Morgan fingerprint density at radius 3 is 2.22 bits per heavy atom. The molecule has 0 saturated carbocycles. The van der Waals surface area contributed by atoms with Crippen LogP contribution in [0.3, 0.4) is 0 Å². The predicted octanol–water partition coefficient (Wildman–Crippen LogP) is 5.59. The Bertz CT molecular complexity index is 1350. The first-order valence-electron chi connectivity index (χ1n) is 12.1. The van der Waals surface area contributed by atoms with Crippen molar-refractivity contribution in [1.29, 1.82) is 5.26 Å². The molecule has 0 saturated heterocycles. The summed E-state index contributed by atoms with van der Waals surface area (Å²) in [6.07, 6.45) is 0. The number of allylic oxidation sites excluding steroid dienone is 1. The molecule has 1 aliphatic rings. The summed E-state index contributed by atoms with van der Waals surface area (Å²) in [5.41, 5.74) is 9.22. The number of hydrogen-bond acceptors (Lipinski definition) is 7. The van der Waals surface area contributed by atoms with Crippen molar-refractivity contribution in [1.82, 2.24) is 0 Å². The van der Waals surface area contributed by atoms with Gasteiger partial charge in [-0.2, -0.15) is 5.26 Å². The summed E-state index contributed by atoms with van der Waals surface area (Å²) >= 11 is 0. The van der Waals surface area contributed by atoms with E-state index in [4.69, 9.17) is 24.7 Å². The van der Waals surface area contributed by atoms with E-state index in [-0.39, 0.29) is 23.7 Å². The first-order valence-corrected chi connectivity index (χ1v) is 12.1. The molecule has 1 aliphatic heterocycles. The number of carbonyl (C=O) groups is 1. The van der Waals surface area contributed by atoms with E-state index < -0.39 is 11.9 Å². The molecule has 0 amide bonds. The van der Waals surface area contributed by atoms with Crippen LogP contribution in [0.1, 0.15) is 50.3 Å². The van der Waals surface area contributed by atoms with Gasteiger partial charge in [0, 0.05) is 11.6 Å². The number of ether oxygens (including phenoxy) is 4. The Morgan fingerprint density at radius 1 is 0.973 bits per heavy atom. The number of nitrogens with zero attached hydrogens (tertiary/aromatic N) is 1. The lowest BCUT2D eigenvalue weighted by Gasteiger charge is -2.26. The fraction of sp³-hybridized carbons (Fsp3) is 0.267. The number of fused-ring (bicyclic) bond motifs is 1. The summed E-state index contributed by atoms with van der Waals surface area (Å²) in [4.78, 5) is 12.4. The van der Waals surface area contributed by atoms with Gasteiger partial charge in [0.2, 0.25) is 5.88 Å². The molecule has 7 heteroatoms. The van der Waals surface area contributed by atoms with E-state index in [0.717, 1.165) is 16.9 Å². The first-order chi connectivity index (χ1) is 17.7. The fourth-order valence-electron chi connectivity index (χ4n) is 4.12. The summed E-state index contributed by atoms with van der Waals surface area (Å²) in [7, 11) is 0. The van der Waals surface area contributed by atoms with E-state index in [1.807, 2.05) is 55.5 Å². The van der Waals surface area contributed by atoms with Crippen LogP contribution in [0, 0.1) is 11.3 Å². The Hall–Kier alpha value is -4.44. The van der Waals surface area contributed by atoms with E-state index in [1.54, 1.807) is 18.2 Å². The van der Waals surface area contributed by atoms with Crippen LogP contribution in [0.25, 0.3) is 0 Å². The maximum Gasteiger partial charge on any atom is 0.349 e. The molecule has 7 nitrogen and oxygen atoms in total. The zero-order valence-electron chi connectivity index (χ0n) is 21.4. The monoisotopic (exact) mass is 498 g/mol. The van der Waals surface area contributed by atoms with Crippen LogP contribution < -0.4 is 24.7 Å². The number of benzene rings is 3. The van der Waals surface area contributed by atoms with Gasteiger partial charge in [-0.3, -0.25) is 0 Å². The number of rotatable bonds is 7. The number of nitrogens with two attached hydrogens (primary N) is 1. The Labute approximate surface area is 217 Å². The summed E-state index contributed by atoms with van der Waals surface area (Å²) in [5.74, 6) is 1.06. The predicted molar refractivity (Wildman–Crippen MR) is 140 cm³/mol. The fourth-order valence-corrected chi connectivity index (χ4v) is 4.12. The van der Waals surface area contributed by atoms with Crippen molar-refractivity contribution in [2.45, 2.75) is 39.0 Å². The van der Waals surface area contributed by atoms with Crippen LogP contribution in [0.2, 0.25) is 0 Å². The molecule has 0 spiro atoms. The topological polar surface area (TPSA) is 104 Å². The normalized spacial score (nSPS) is 14.7. The van der Waals surface area contributed by atoms with Crippen LogP contribution in [0.5, 0.6) is 23.0 Å². The summed E-state index contributed by atoms with van der Waals surface area (Å²) in [6, 6.07) is 22.3. The Kier molecular flexibility index (Phi) is 7.40. The standard InChI is InChI=1S/C30H30N2O5/c1-5-34-21-10-6-19(7-11-21)28-24-15-14-23(16-26(24)37-29(32)25(28)17-31)36-27(33)18-35-22-12-8-20(9-13-22)30(2,3)4/h6-16,28H,5,18,32H2,1-4H3. The summed E-state index contributed by atoms with van der Waals surface area (Å²) < 4.78 is 22.3. The zero-order chi connectivity index (χ0) is 26.6. The van der Waals surface area contributed by atoms with Gasteiger partial charge in [-0.1, -0.05) is 51.1 Å². The zero-order valence-corrected chi connectivity index (χ0v) is 21.4. The van der Waals surface area contributed by atoms with Gasteiger partial charge < -0.3 is 24.7 Å².